The van der Waals surface area contributed by atoms with Crippen molar-refractivity contribution in [2.45, 2.75) is 39.2 Å². The lowest BCUT2D eigenvalue weighted by Gasteiger charge is -2.23. The third kappa shape index (κ3) is 4.56. The summed E-state index contributed by atoms with van der Waals surface area (Å²) in [7, 11) is 1.58. The van der Waals surface area contributed by atoms with E-state index in [2.05, 4.69) is 4.98 Å². The van der Waals surface area contributed by atoms with E-state index >= 15 is 0 Å². The molecule has 0 bridgehead atoms. The number of thiazole rings is 1. The molecule has 0 aliphatic carbocycles. The summed E-state index contributed by atoms with van der Waals surface area (Å²) in [6, 6.07) is 3.50. The van der Waals surface area contributed by atoms with Gasteiger partial charge in [-0.3, -0.25) is 9.69 Å². The predicted molar refractivity (Wildman–Crippen MR) is 102 cm³/mol. The van der Waals surface area contributed by atoms with Gasteiger partial charge in [-0.1, -0.05) is 11.3 Å². The zero-order valence-electron chi connectivity index (χ0n) is 16.0. The lowest BCUT2D eigenvalue weighted by Crippen LogP contribution is -2.34. The molecule has 1 aliphatic heterocycles. The van der Waals surface area contributed by atoms with Crippen molar-refractivity contribution in [1.29, 1.82) is 0 Å². The summed E-state index contributed by atoms with van der Waals surface area (Å²) < 4.78 is 16.2. The van der Waals surface area contributed by atoms with Gasteiger partial charge in [-0.25, -0.2) is 9.78 Å². The average Bonchev–Trinajstić information content (AvgIpc) is 3.29. The van der Waals surface area contributed by atoms with Crippen LogP contribution in [0.5, 0.6) is 0 Å². The smallest absolute Gasteiger partial charge is 0.416 e. The Morgan fingerprint density at radius 1 is 1.30 bits per heavy atom. The van der Waals surface area contributed by atoms with E-state index in [9.17, 15) is 9.59 Å². The first-order chi connectivity index (χ1) is 12.8. The third-order valence-corrected chi connectivity index (χ3v) is 5.29. The third-order valence-electron chi connectivity index (χ3n) is 4.14. The highest BCUT2D eigenvalue weighted by Gasteiger charge is 2.31. The number of furan rings is 1. The van der Waals surface area contributed by atoms with Gasteiger partial charge in [0.15, 0.2) is 16.7 Å². The van der Waals surface area contributed by atoms with Crippen LogP contribution in [0.15, 0.2) is 22.8 Å². The molecule has 1 fully saturated rings. The maximum Gasteiger partial charge on any atom is 0.416 e. The summed E-state index contributed by atoms with van der Waals surface area (Å²) in [6.07, 6.45) is 2.39. The molecule has 1 aliphatic rings. The van der Waals surface area contributed by atoms with E-state index in [1.54, 1.807) is 40.0 Å². The molecule has 146 valence electrons. The van der Waals surface area contributed by atoms with E-state index in [0.29, 0.717) is 47.5 Å². The SMILES string of the molecule is CN(C(=O)OC(C)(C)C)c1nc(-c2ccco2)c(C(=O)C2CCOCC2)s1. The van der Waals surface area contributed by atoms with Crippen LogP contribution in [0.2, 0.25) is 0 Å². The lowest BCUT2D eigenvalue weighted by atomic mass is 9.94. The standard InChI is InChI=1S/C19H24N2O5S/c1-19(2,3)26-18(23)21(4)17-20-14(13-6-5-9-25-13)16(27-17)15(22)12-7-10-24-11-8-12/h5-6,9,12H,7-8,10-11H2,1-4H3. The fraction of sp³-hybridized carbons (Fsp3) is 0.526. The Balaban J connectivity index is 1.92. The minimum atomic E-state index is -0.618. The van der Waals surface area contributed by atoms with Gasteiger partial charge >= 0.3 is 6.09 Å². The first-order valence-corrected chi connectivity index (χ1v) is 9.71. The number of ether oxygens (including phenoxy) is 2. The number of Topliss-reactive ketones (excluding diaryl/α,β-unsaturated/α-hetero) is 1. The predicted octanol–water partition coefficient (Wildman–Crippen LogP) is 4.38. The number of ketones is 1. The Bertz CT molecular complexity index is 801. The van der Waals surface area contributed by atoms with E-state index in [-0.39, 0.29) is 11.7 Å². The number of carbonyl (C=O) groups excluding carboxylic acids is 2. The van der Waals surface area contributed by atoms with Crippen LogP contribution in [0.4, 0.5) is 9.93 Å². The molecule has 0 aromatic carbocycles. The number of nitrogens with zero attached hydrogens (tertiary/aromatic N) is 2. The second-order valence-electron chi connectivity index (χ2n) is 7.44. The van der Waals surface area contributed by atoms with Gasteiger partial charge in [0.25, 0.3) is 0 Å². The van der Waals surface area contributed by atoms with Gasteiger partial charge in [0.1, 0.15) is 16.2 Å². The van der Waals surface area contributed by atoms with E-state index in [1.807, 2.05) is 0 Å². The van der Waals surface area contributed by atoms with E-state index in [4.69, 9.17) is 13.9 Å². The van der Waals surface area contributed by atoms with Crippen molar-refractivity contribution in [3.63, 3.8) is 0 Å². The minimum absolute atomic E-state index is 0.0195. The molecule has 2 aromatic rings. The van der Waals surface area contributed by atoms with Gasteiger partial charge in [-0.2, -0.15) is 0 Å². The maximum absolute atomic E-state index is 13.1. The topological polar surface area (TPSA) is 81.9 Å². The van der Waals surface area contributed by atoms with Gasteiger partial charge < -0.3 is 13.9 Å². The van der Waals surface area contributed by atoms with Crippen LogP contribution >= 0.6 is 11.3 Å². The van der Waals surface area contributed by atoms with Crippen LogP contribution in [0.25, 0.3) is 11.5 Å². The van der Waals surface area contributed by atoms with Gasteiger partial charge in [0, 0.05) is 26.2 Å². The number of anilines is 1. The van der Waals surface area contributed by atoms with Gasteiger partial charge in [0.2, 0.25) is 0 Å². The van der Waals surface area contributed by atoms with Gasteiger partial charge in [0.05, 0.1) is 6.26 Å². The van der Waals surface area contributed by atoms with Crippen molar-refractivity contribution in [2.75, 3.05) is 25.2 Å². The van der Waals surface area contributed by atoms with Crippen LogP contribution in [0, 0.1) is 5.92 Å². The Labute approximate surface area is 162 Å². The molecule has 3 rings (SSSR count). The number of hydrogen-bond donors (Lipinski definition) is 0. The van der Waals surface area contributed by atoms with Crippen molar-refractivity contribution in [1.82, 2.24) is 4.98 Å². The summed E-state index contributed by atoms with van der Waals surface area (Å²) >= 11 is 1.19. The van der Waals surface area contributed by atoms with Crippen LogP contribution < -0.4 is 4.90 Å². The Hall–Kier alpha value is -2.19. The summed E-state index contributed by atoms with van der Waals surface area (Å²) in [6.45, 7) is 6.56. The normalized spacial score (nSPS) is 15.6. The fourth-order valence-corrected chi connectivity index (χ4v) is 3.79. The molecule has 7 nitrogen and oxygen atoms in total. The van der Waals surface area contributed by atoms with Gasteiger partial charge in [-0.05, 0) is 45.7 Å². The molecular weight excluding hydrogens is 368 g/mol. The number of amides is 1. The monoisotopic (exact) mass is 392 g/mol. The molecular formula is C19H24N2O5S. The molecule has 0 N–H and O–H groups in total. The highest BCUT2D eigenvalue weighted by molar-refractivity contribution is 7.18. The quantitative estimate of drug-likeness (QED) is 0.718. The maximum atomic E-state index is 13.1. The number of aromatic nitrogens is 1. The second kappa shape index (κ2) is 7.82. The van der Waals surface area contributed by atoms with Crippen molar-refractivity contribution in [3.8, 4) is 11.5 Å². The molecule has 0 saturated carbocycles. The zero-order chi connectivity index (χ0) is 19.6. The summed E-state index contributed by atoms with van der Waals surface area (Å²) in [4.78, 5) is 31.8. The van der Waals surface area contributed by atoms with Crippen LogP contribution in [-0.4, -0.2) is 42.7 Å². The highest BCUT2D eigenvalue weighted by atomic mass is 32.1. The van der Waals surface area contributed by atoms with Crippen molar-refractivity contribution < 1.29 is 23.5 Å². The number of rotatable bonds is 4. The van der Waals surface area contributed by atoms with E-state index < -0.39 is 11.7 Å². The Morgan fingerprint density at radius 3 is 2.59 bits per heavy atom. The first kappa shape index (κ1) is 19.6. The Morgan fingerprint density at radius 2 is 2.00 bits per heavy atom. The largest absolute Gasteiger partial charge is 0.463 e. The lowest BCUT2D eigenvalue weighted by molar-refractivity contribution is 0.0547. The van der Waals surface area contributed by atoms with Crippen molar-refractivity contribution in [2.24, 2.45) is 5.92 Å². The highest BCUT2D eigenvalue weighted by Crippen LogP contribution is 2.36. The Kier molecular flexibility index (Phi) is 5.67. The molecule has 2 aromatic heterocycles. The second-order valence-corrected chi connectivity index (χ2v) is 8.42. The summed E-state index contributed by atoms with van der Waals surface area (Å²) in [5, 5.41) is 0.394. The fourth-order valence-electron chi connectivity index (χ4n) is 2.75. The van der Waals surface area contributed by atoms with E-state index in [1.165, 1.54) is 22.5 Å². The van der Waals surface area contributed by atoms with Crippen molar-refractivity contribution >= 4 is 28.3 Å². The van der Waals surface area contributed by atoms with Gasteiger partial charge in [-0.15, -0.1) is 0 Å². The molecule has 0 unspecified atom stereocenters. The van der Waals surface area contributed by atoms with Crippen LogP contribution in [0.1, 0.15) is 43.3 Å². The van der Waals surface area contributed by atoms with Crippen LogP contribution in [-0.2, 0) is 9.47 Å². The zero-order valence-corrected chi connectivity index (χ0v) is 16.8. The first-order valence-electron chi connectivity index (χ1n) is 8.89. The average molecular weight is 392 g/mol. The minimum Gasteiger partial charge on any atom is -0.463 e. The van der Waals surface area contributed by atoms with Crippen molar-refractivity contribution in [3.05, 3.63) is 23.3 Å². The molecule has 0 spiro atoms. The summed E-state index contributed by atoms with van der Waals surface area (Å²) in [5.74, 6) is 0.420. The summed E-state index contributed by atoms with van der Waals surface area (Å²) in [5.41, 5.74) is -0.153. The van der Waals surface area contributed by atoms with E-state index in [0.717, 1.165) is 0 Å². The number of hydrogen-bond acceptors (Lipinski definition) is 7. The molecule has 0 radical (unpaired) electrons. The molecule has 3 heterocycles. The molecule has 1 saturated heterocycles. The molecule has 0 atom stereocenters. The van der Waals surface area contributed by atoms with Crippen LogP contribution in [0.3, 0.4) is 0 Å². The molecule has 27 heavy (non-hydrogen) atoms. The molecule has 1 amide bonds. The molecule has 8 heteroatoms. The number of carbonyl (C=O) groups is 2.